The predicted molar refractivity (Wildman–Crippen MR) is 102 cm³/mol. The summed E-state index contributed by atoms with van der Waals surface area (Å²) in [5.41, 5.74) is 11.1. The third-order valence-electron chi connectivity index (χ3n) is 4.37. The minimum Gasteiger partial charge on any atom is -0.382 e. The van der Waals surface area contributed by atoms with Gasteiger partial charge in [0, 0.05) is 12.2 Å². The number of anilines is 1. The molecule has 0 bridgehead atoms. The van der Waals surface area contributed by atoms with Crippen molar-refractivity contribution in [2.75, 3.05) is 18.9 Å². The SMILES string of the molecule is Cc1nc(N)c2nc(C)n(CCOCC=Cc3ccccc3)c2c1C. The number of rotatable bonds is 6. The fourth-order valence-electron chi connectivity index (χ4n) is 2.94. The first kappa shape index (κ1) is 17.2. The van der Waals surface area contributed by atoms with Crippen LogP contribution in [-0.4, -0.2) is 27.7 Å². The highest BCUT2D eigenvalue weighted by molar-refractivity contribution is 5.88. The summed E-state index contributed by atoms with van der Waals surface area (Å²) in [7, 11) is 0. The number of hydrogen-bond acceptors (Lipinski definition) is 4. The number of nitrogen functional groups attached to an aromatic ring is 1. The van der Waals surface area contributed by atoms with E-state index in [9.17, 15) is 0 Å². The van der Waals surface area contributed by atoms with Crippen molar-refractivity contribution in [3.63, 3.8) is 0 Å². The van der Waals surface area contributed by atoms with E-state index in [0.29, 0.717) is 19.0 Å². The number of imidazole rings is 1. The van der Waals surface area contributed by atoms with Crippen molar-refractivity contribution in [3.05, 3.63) is 59.1 Å². The van der Waals surface area contributed by atoms with Gasteiger partial charge in [-0.2, -0.15) is 0 Å². The monoisotopic (exact) mass is 336 g/mol. The van der Waals surface area contributed by atoms with E-state index >= 15 is 0 Å². The van der Waals surface area contributed by atoms with Crippen LogP contribution < -0.4 is 5.73 Å². The van der Waals surface area contributed by atoms with Gasteiger partial charge in [0.15, 0.2) is 5.82 Å². The Morgan fingerprint density at radius 3 is 2.64 bits per heavy atom. The van der Waals surface area contributed by atoms with Gasteiger partial charge in [-0.3, -0.25) is 0 Å². The minimum absolute atomic E-state index is 0.492. The lowest BCUT2D eigenvalue weighted by atomic mass is 10.2. The van der Waals surface area contributed by atoms with Gasteiger partial charge >= 0.3 is 0 Å². The number of nitrogens with two attached hydrogens (primary N) is 1. The Morgan fingerprint density at radius 2 is 1.88 bits per heavy atom. The lowest BCUT2D eigenvalue weighted by Crippen LogP contribution is -2.09. The molecule has 2 aromatic heterocycles. The van der Waals surface area contributed by atoms with Crippen LogP contribution in [0.1, 0.15) is 22.6 Å². The number of aromatic nitrogens is 3. The van der Waals surface area contributed by atoms with E-state index in [2.05, 4.69) is 39.7 Å². The minimum atomic E-state index is 0.492. The molecule has 2 heterocycles. The van der Waals surface area contributed by atoms with E-state index in [1.54, 1.807) is 0 Å². The Kier molecular flexibility index (Phi) is 5.14. The van der Waals surface area contributed by atoms with Crippen molar-refractivity contribution < 1.29 is 4.74 Å². The number of ether oxygens (including phenoxy) is 1. The molecule has 0 radical (unpaired) electrons. The van der Waals surface area contributed by atoms with Crippen LogP contribution in [0.5, 0.6) is 0 Å². The highest BCUT2D eigenvalue weighted by Gasteiger charge is 2.15. The molecular weight excluding hydrogens is 312 g/mol. The molecule has 0 atom stereocenters. The molecular formula is C20H24N4O. The maximum absolute atomic E-state index is 6.03. The third kappa shape index (κ3) is 3.72. The van der Waals surface area contributed by atoms with Crippen LogP contribution in [0, 0.1) is 20.8 Å². The second-order valence-corrected chi connectivity index (χ2v) is 6.10. The van der Waals surface area contributed by atoms with E-state index in [-0.39, 0.29) is 0 Å². The molecule has 0 amide bonds. The van der Waals surface area contributed by atoms with Crippen molar-refractivity contribution in [3.8, 4) is 0 Å². The van der Waals surface area contributed by atoms with E-state index in [1.807, 2.05) is 38.1 Å². The summed E-state index contributed by atoms with van der Waals surface area (Å²) in [6, 6.07) is 10.2. The molecule has 1 aromatic carbocycles. The van der Waals surface area contributed by atoms with Gasteiger partial charge in [-0.15, -0.1) is 0 Å². The predicted octanol–water partition coefficient (Wildman–Crippen LogP) is 3.67. The van der Waals surface area contributed by atoms with E-state index in [4.69, 9.17) is 10.5 Å². The molecule has 3 aromatic rings. The maximum atomic E-state index is 6.03. The van der Waals surface area contributed by atoms with Gasteiger partial charge in [-0.25, -0.2) is 9.97 Å². The second kappa shape index (κ2) is 7.49. The Bertz CT molecular complexity index is 897. The summed E-state index contributed by atoms with van der Waals surface area (Å²) >= 11 is 0. The lowest BCUT2D eigenvalue weighted by Gasteiger charge is -2.10. The summed E-state index contributed by atoms with van der Waals surface area (Å²) in [5, 5.41) is 0. The molecule has 3 rings (SSSR count). The fraction of sp³-hybridized carbons (Fsp3) is 0.300. The first-order valence-electron chi connectivity index (χ1n) is 8.46. The fourth-order valence-corrected chi connectivity index (χ4v) is 2.94. The first-order chi connectivity index (χ1) is 12.1. The van der Waals surface area contributed by atoms with Gasteiger partial charge < -0.3 is 15.0 Å². The molecule has 0 aliphatic rings. The Hall–Kier alpha value is -2.66. The molecule has 0 aliphatic heterocycles. The summed E-state index contributed by atoms with van der Waals surface area (Å²) in [6.45, 7) is 7.97. The zero-order valence-electron chi connectivity index (χ0n) is 15.0. The van der Waals surface area contributed by atoms with Crippen LogP contribution >= 0.6 is 0 Å². The van der Waals surface area contributed by atoms with Crippen molar-refractivity contribution in [2.45, 2.75) is 27.3 Å². The average molecular weight is 336 g/mol. The molecule has 0 aliphatic carbocycles. The van der Waals surface area contributed by atoms with Crippen LogP contribution in [-0.2, 0) is 11.3 Å². The molecule has 0 saturated heterocycles. The molecule has 5 nitrogen and oxygen atoms in total. The number of aryl methyl sites for hydroxylation is 3. The van der Waals surface area contributed by atoms with Gasteiger partial charge in [-0.1, -0.05) is 42.5 Å². The summed E-state index contributed by atoms with van der Waals surface area (Å²) < 4.78 is 7.91. The van der Waals surface area contributed by atoms with Crippen molar-refractivity contribution in [1.29, 1.82) is 0 Å². The van der Waals surface area contributed by atoms with Crippen LogP contribution in [0.4, 0.5) is 5.82 Å². The standard InChI is InChI=1S/C20H24N4O/c1-14-15(2)22-20(21)18-19(14)24(16(3)23-18)11-13-25-12-7-10-17-8-5-4-6-9-17/h4-10H,11-13H2,1-3H3,(H2,21,22). The zero-order chi connectivity index (χ0) is 17.8. The smallest absolute Gasteiger partial charge is 0.151 e. The van der Waals surface area contributed by atoms with Gasteiger partial charge in [0.1, 0.15) is 11.3 Å². The van der Waals surface area contributed by atoms with Gasteiger partial charge in [0.25, 0.3) is 0 Å². The number of nitrogens with zero attached hydrogens (tertiary/aromatic N) is 3. The quantitative estimate of drug-likeness (QED) is 0.698. The van der Waals surface area contributed by atoms with Crippen molar-refractivity contribution >= 4 is 22.9 Å². The van der Waals surface area contributed by atoms with Crippen molar-refractivity contribution in [1.82, 2.24) is 14.5 Å². The number of hydrogen-bond donors (Lipinski definition) is 1. The zero-order valence-corrected chi connectivity index (χ0v) is 15.0. The molecule has 25 heavy (non-hydrogen) atoms. The third-order valence-corrected chi connectivity index (χ3v) is 4.37. The number of benzene rings is 1. The summed E-state index contributed by atoms with van der Waals surface area (Å²) in [4.78, 5) is 8.94. The van der Waals surface area contributed by atoms with Gasteiger partial charge in [-0.05, 0) is 31.9 Å². The molecule has 0 fully saturated rings. The summed E-state index contributed by atoms with van der Waals surface area (Å²) in [6.07, 6.45) is 4.10. The normalized spacial score (nSPS) is 11.6. The Labute approximate surface area is 148 Å². The molecule has 0 unspecified atom stereocenters. The Balaban J connectivity index is 1.64. The highest BCUT2D eigenvalue weighted by Crippen LogP contribution is 2.25. The van der Waals surface area contributed by atoms with Crippen LogP contribution in [0.15, 0.2) is 36.4 Å². The molecule has 0 spiro atoms. The second-order valence-electron chi connectivity index (χ2n) is 6.10. The van der Waals surface area contributed by atoms with E-state index in [0.717, 1.165) is 34.7 Å². The highest BCUT2D eigenvalue weighted by atomic mass is 16.5. The number of fused-ring (bicyclic) bond motifs is 1. The largest absolute Gasteiger partial charge is 0.382 e. The average Bonchev–Trinajstić information content (AvgIpc) is 2.94. The maximum Gasteiger partial charge on any atom is 0.151 e. The Morgan fingerprint density at radius 1 is 1.12 bits per heavy atom. The lowest BCUT2D eigenvalue weighted by molar-refractivity contribution is 0.154. The van der Waals surface area contributed by atoms with E-state index in [1.165, 1.54) is 5.56 Å². The van der Waals surface area contributed by atoms with Crippen molar-refractivity contribution in [2.24, 2.45) is 0 Å². The van der Waals surface area contributed by atoms with Gasteiger partial charge in [0.05, 0.1) is 18.7 Å². The van der Waals surface area contributed by atoms with E-state index < -0.39 is 0 Å². The van der Waals surface area contributed by atoms with Gasteiger partial charge in [0.2, 0.25) is 0 Å². The van der Waals surface area contributed by atoms with Crippen LogP contribution in [0.2, 0.25) is 0 Å². The topological polar surface area (TPSA) is 66.0 Å². The molecule has 130 valence electrons. The molecule has 0 saturated carbocycles. The molecule has 2 N–H and O–H groups in total. The van der Waals surface area contributed by atoms with Crippen LogP contribution in [0.3, 0.4) is 0 Å². The number of pyridine rings is 1. The van der Waals surface area contributed by atoms with Crippen LogP contribution in [0.25, 0.3) is 17.1 Å². The summed E-state index contributed by atoms with van der Waals surface area (Å²) in [5.74, 6) is 1.42. The first-order valence-corrected chi connectivity index (χ1v) is 8.46. The molecule has 5 heteroatoms.